The van der Waals surface area contributed by atoms with Gasteiger partial charge in [0.15, 0.2) is 0 Å². The van der Waals surface area contributed by atoms with Gasteiger partial charge in [0.2, 0.25) is 0 Å². The van der Waals surface area contributed by atoms with Crippen LogP contribution in [0.5, 0.6) is 5.75 Å². The number of nitrogens with two attached hydrogens (primary N) is 1. The monoisotopic (exact) mass is 341 g/mol. The molecule has 2 amide bonds. The molecule has 0 unspecified atom stereocenters. The summed E-state index contributed by atoms with van der Waals surface area (Å²) in [4.78, 5) is 22.7. The highest BCUT2D eigenvalue weighted by Crippen LogP contribution is 2.39. The number of urea groups is 1. The molecule has 114 valence electrons. The molecule has 0 aliphatic rings. The standard InChI is InChI=1S/C13H9Cl2N3O4/c14-7-1-3-10(9(15)5-7)17(13(16)20)11-4-2-8(18(21)22)6-12(11)19/h1-6,19H,(H2,16,20). The van der Waals surface area contributed by atoms with E-state index in [2.05, 4.69) is 0 Å². The number of aromatic hydroxyl groups is 1. The normalized spacial score (nSPS) is 10.3. The number of carbonyl (C=O) groups excluding carboxylic acids is 1. The SMILES string of the molecule is NC(=O)N(c1ccc([N+](=O)[O-])cc1O)c1ccc(Cl)cc1Cl. The van der Waals surface area contributed by atoms with Crippen LogP contribution in [0.3, 0.4) is 0 Å². The molecule has 0 bridgehead atoms. The highest BCUT2D eigenvalue weighted by Gasteiger charge is 2.22. The minimum absolute atomic E-state index is 0.0395. The van der Waals surface area contributed by atoms with Gasteiger partial charge in [-0.05, 0) is 24.3 Å². The molecule has 0 atom stereocenters. The van der Waals surface area contributed by atoms with Gasteiger partial charge in [-0.25, -0.2) is 4.79 Å². The third-order valence-electron chi connectivity index (χ3n) is 2.78. The number of rotatable bonds is 3. The number of benzene rings is 2. The van der Waals surface area contributed by atoms with Gasteiger partial charge in [0.1, 0.15) is 5.75 Å². The quantitative estimate of drug-likeness (QED) is 0.652. The summed E-state index contributed by atoms with van der Waals surface area (Å²) in [6.45, 7) is 0. The van der Waals surface area contributed by atoms with Gasteiger partial charge in [-0.2, -0.15) is 0 Å². The Bertz CT molecular complexity index is 767. The smallest absolute Gasteiger partial charge is 0.324 e. The Morgan fingerprint density at radius 1 is 1.18 bits per heavy atom. The number of carbonyl (C=O) groups is 1. The lowest BCUT2D eigenvalue weighted by molar-refractivity contribution is -0.384. The van der Waals surface area contributed by atoms with Crippen LogP contribution in [0.2, 0.25) is 10.0 Å². The predicted octanol–water partition coefficient (Wildman–Crippen LogP) is 3.82. The maximum absolute atomic E-state index is 11.7. The largest absolute Gasteiger partial charge is 0.505 e. The zero-order valence-corrected chi connectivity index (χ0v) is 12.4. The maximum atomic E-state index is 11.7. The van der Waals surface area contributed by atoms with Crippen molar-refractivity contribution in [3.05, 3.63) is 56.6 Å². The number of halogens is 2. The number of anilines is 2. The first kappa shape index (κ1) is 15.9. The van der Waals surface area contributed by atoms with E-state index in [9.17, 15) is 20.0 Å². The molecule has 22 heavy (non-hydrogen) atoms. The number of phenolic OH excluding ortho intramolecular Hbond substituents is 1. The summed E-state index contributed by atoms with van der Waals surface area (Å²) in [5.74, 6) is -0.487. The lowest BCUT2D eigenvalue weighted by atomic mass is 10.2. The first-order valence-electron chi connectivity index (χ1n) is 5.83. The third-order valence-corrected chi connectivity index (χ3v) is 3.32. The lowest BCUT2D eigenvalue weighted by Crippen LogP contribution is -2.31. The molecule has 2 aromatic carbocycles. The number of phenols is 1. The molecule has 0 radical (unpaired) electrons. The van der Waals surface area contributed by atoms with E-state index < -0.39 is 16.7 Å². The average molecular weight is 342 g/mol. The summed E-state index contributed by atoms with van der Waals surface area (Å²) in [6.07, 6.45) is 0. The number of hydrogen-bond donors (Lipinski definition) is 2. The van der Waals surface area contributed by atoms with Gasteiger partial charge in [0, 0.05) is 11.1 Å². The summed E-state index contributed by atoms with van der Waals surface area (Å²) in [6, 6.07) is 6.65. The fraction of sp³-hybridized carbons (Fsp3) is 0. The van der Waals surface area contributed by atoms with Crippen molar-refractivity contribution in [2.45, 2.75) is 0 Å². The molecule has 0 aliphatic heterocycles. The number of nitro groups is 1. The Labute approximate surface area is 134 Å². The molecule has 2 rings (SSSR count). The van der Waals surface area contributed by atoms with Crippen LogP contribution in [-0.4, -0.2) is 16.1 Å². The molecule has 0 heterocycles. The van der Waals surface area contributed by atoms with Crippen LogP contribution in [-0.2, 0) is 0 Å². The molecule has 0 saturated heterocycles. The Morgan fingerprint density at radius 3 is 2.32 bits per heavy atom. The van der Waals surface area contributed by atoms with Crippen LogP contribution in [0, 0.1) is 10.1 Å². The molecule has 2 aromatic rings. The molecule has 0 saturated carbocycles. The summed E-state index contributed by atoms with van der Waals surface area (Å²) in [7, 11) is 0. The highest BCUT2D eigenvalue weighted by atomic mass is 35.5. The molecule has 9 heteroatoms. The summed E-state index contributed by atoms with van der Waals surface area (Å²) >= 11 is 11.8. The van der Waals surface area contributed by atoms with E-state index in [4.69, 9.17) is 28.9 Å². The van der Waals surface area contributed by atoms with Crippen molar-refractivity contribution in [3.63, 3.8) is 0 Å². The van der Waals surface area contributed by atoms with Gasteiger partial charge in [-0.3, -0.25) is 15.0 Å². The molecule has 0 spiro atoms. The van der Waals surface area contributed by atoms with Crippen LogP contribution in [0.1, 0.15) is 0 Å². The number of hydrogen-bond acceptors (Lipinski definition) is 4. The van der Waals surface area contributed by atoms with E-state index in [1.54, 1.807) is 0 Å². The lowest BCUT2D eigenvalue weighted by Gasteiger charge is -2.22. The van der Waals surface area contributed by atoms with Crippen molar-refractivity contribution >= 4 is 46.3 Å². The molecule has 0 aliphatic carbocycles. The molecule has 0 aromatic heterocycles. The highest BCUT2D eigenvalue weighted by molar-refractivity contribution is 6.37. The van der Waals surface area contributed by atoms with Gasteiger partial charge in [0.25, 0.3) is 5.69 Å². The second kappa shape index (κ2) is 6.08. The van der Waals surface area contributed by atoms with Gasteiger partial charge in [0.05, 0.1) is 27.4 Å². The van der Waals surface area contributed by atoms with Crippen LogP contribution in [0.4, 0.5) is 21.9 Å². The predicted molar refractivity (Wildman–Crippen MR) is 82.9 cm³/mol. The number of primary amides is 1. The first-order chi connectivity index (χ1) is 10.3. The number of nitro benzene ring substituents is 1. The van der Waals surface area contributed by atoms with E-state index in [-0.39, 0.29) is 22.1 Å². The van der Waals surface area contributed by atoms with E-state index >= 15 is 0 Å². The van der Waals surface area contributed by atoms with Crippen LogP contribution >= 0.6 is 23.2 Å². The Morgan fingerprint density at radius 2 is 1.82 bits per heavy atom. The minimum Gasteiger partial charge on any atom is -0.505 e. The maximum Gasteiger partial charge on any atom is 0.324 e. The third kappa shape index (κ3) is 3.05. The topological polar surface area (TPSA) is 110 Å². The Kier molecular flexibility index (Phi) is 4.39. The van der Waals surface area contributed by atoms with E-state index in [1.807, 2.05) is 0 Å². The van der Waals surface area contributed by atoms with Gasteiger partial charge < -0.3 is 10.8 Å². The van der Waals surface area contributed by atoms with Crippen molar-refractivity contribution < 1.29 is 14.8 Å². The summed E-state index contributed by atoms with van der Waals surface area (Å²) in [5.41, 5.74) is 5.14. The fourth-order valence-electron chi connectivity index (χ4n) is 1.84. The van der Waals surface area contributed by atoms with Crippen LogP contribution in [0.15, 0.2) is 36.4 Å². The van der Waals surface area contributed by atoms with E-state index in [0.717, 1.165) is 17.0 Å². The van der Waals surface area contributed by atoms with Crippen molar-refractivity contribution in [1.82, 2.24) is 0 Å². The minimum atomic E-state index is -0.923. The summed E-state index contributed by atoms with van der Waals surface area (Å²) < 4.78 is 0. The number of nitrogens with zero attached hydrogens (tertiary/aromatic N) is 2. The number of non-ortho nitro benzene ring substituents is 1. The molecule has 0 fully saturated rings. The zero-order chi connectivity index (χ0) is 16.4. The Balaban J connectivity index is 2.58. The molecule has 3 N–H and O–H groups in total. The van der Waals surface area contributed by atoms with Crippen molar-refractivity contribution in [3.8, 4) is 5.75 Å². The average Bonchev–Trinajstić information content (AvgIpc) is 2.42. The molecular weight excluding hydrogens is 333 g/mol. The molecular formula is C13H9Cl2N3O4. The van der Waals surface area contributed by atoms with Gasteiger partial charge in [-0.15, -0.1) is 0 Å². The van der Waals surface area contributed by atoms with E-state index in [1.165, 1.54) is 24.3 Å². The van der Waals surface area contributed by atoms with Crippen LogP contribution < -0.4 is 10.6 Å². The second-order valence-electron chi connectivity index (χ2n) is 4.20. The second-order valence-corrected chi connectivity index (χ2v) is 5.04. The fourth-order valence-corrected chi connectivity index (χ4v) is 2.34. The van der Waals surface area contributed by atoms with Crippen molar-refractivity contribution in [2.24, 2.45) is 5.73 Å². The van der Waals surface area contributed by atoms with Gasteiger partial charge in [-0.1, -0.05) is 23.2 Å². The first-order valence-corrected chi connectivity index (χ1v) is 6.59. The molecule has 7 nitrogen and oxygen atoms in total. The van der Waals surface area contributed by atoms with Crippen molar-refractivity contribution in [1.29, 1.82) is 0 Å². The zero-order valence-electron chi connectivity index (χ0n) is 10.9. The number of amides is 2. The van der Waals surface area contributed by atoms with Crippen molar-refractivity contribution in [2.75, 3.05) is 4.90 Å². The Hall–Kier alpha value is -2.51. The van der Waals surface area contributed by atoms with Crippen LogP contribution in [0.25, 0.3) is 0 Å². The van der Waals surface area contributed by atoms with E-state index in [0.29, 0.717) is 5.02 Å². The van der Waals surface area contributed by atoms with Gasteiger partial charge >= 0.3 is 6.03 Å². The summed E-state index contributed by atoms with van der Waals surface area (Å²) in [5, 5.41) is 21.1.